The molecule has 0 aliphatic carbocycles. The van der Waals surface area contributed by atoms with Crippen LogP contribution in [-0.2, 0) is 24.4 Å². The van der Waals surface area contributed by atoms with Crippen molar-refractivity contribution in [1.29, 1.82) is 0 Å². The number of hydrogen-bond donors (Lipinski definition) is 1. The maximum absolute atomic E-state index is 11.3. The summed E-state index contributed by atoms with van der Waals surface area (Å²) in [5, 5.41) is 3.38. The molecule has 0 aliphatic heterocycles. The zero-order chi connectivity index (χ0) is 15.2. The summed E-state index contributed by atoms with van der Waals surface area (Å²) in [6.45, 7) is 5.90. The van der Waals surface area contributed by atoms with E-state index in [1.165, 1.54) is 0 Å². The number of aromatic nitrogens is 2. The molecule has 0 saturated carbocycles. The highest BCUT2D eigenvalue weighted by Crippen LogP contribution is 2.13. The van der Waals surface area contributed by atoms with Gasteiger partial charge in [-0.15, -0.1) is 0 Å². The fourth-order valence-corrected chi connectivity index (χ4v) is 2.14. The van der Waals surface area contributed by atoms with Crippen LogP contribution in [0.5, 0.6) is 0 Å². The molecule has 0 spiro atoms. The highest BCUT2D eigenvalue weighted by atomic mass is 16.2. The first-order valence-electron chi connectivity index (χ1n) is 7.14. The summed E-state index contributed by atoms with van der Waals surface area (Å²) in [5.41, 5.74) is 2.15. The van der Waals surface area contributed by atoms with Crippen LogP contribution in [0.25, 0.3) is 0 Å². The van der Waals surface area contributed by atoms with Crippen LogP contribution in [-0.4, -0.2) is 27.4 Å². The Hall–Kier alpha value is -2.30. The molecule has 0 radical (unpaired) electrons. The van der Waals surface area contributed by atoms with Crippen molar-refractivity contribution in [3.63, 3.8) is 0 Å². The quantitative estimate of drug-likeness (QED) is 0.887. The van der Waals surface area contributed by atoms with Crippen molar-refractivity contribution in [3.8, 4) is 0 Å². The summed E-state index contributed by atoms with van der Waals surface area (Å²) in [4.78, 5) is 17.3. The van der Waals surface area contributed by atoms with E-state index in [2.05, 4.69) is 27.9 Å². The van der Waals surface area contributed by atoms with E-state index >= 15 is 0 Å². The highest BCUT2D eigenvalue weighted by molar-refractivity contribution is 5.72. The van der Waals surface area contributed by atoms with Crippen molar-refractivity contribution in [3.05, 3.63) is 48.0 Å². The fraction of sp³-hybridized carbons (Fsp3) is 0.375. The number of carbonyl (C=O) groups excluding carboxylic acids is 1. The Morgan fingerprint density at radius 1 is 1.43 bits per heavy atom. The molecule has 21 heavy (non-hydrogen) atoms. The van der Waals surface area contributed by atoms with Gasteiger partial charge in [-0.25, -0.2) is 4.98 Å². The normalized spacial score (nSPS) is 10.4. The summed E-state index contributed by atoms with van der Waals surface area (Å²) < 4.78 is 2.11. The van der Waals surface area contributed by atoms with E-state index in [1.54, 1.807) is 18.9 Å². The number of rotatable bonds is 6. The van der Waals surface area contributed by atoms with Gasteiger partial charge in [-0.1, -0.05) is 12.1 Å². The van der Waals surface area contributed by atoms with E-state index in [1.807, 2.05) is 30.6 Å². The lowest BCUT2D eigenvalue weighted by Crippen LogP contribution is -2.23. The lowest BCUT2D eigenvalue weighted by Gasteiger charge is -2.15. The van der Waals surface area contributed by atoms with Gasteiger partial charge in [-0.3, -0.25) is 4.79 Å². The van der Waals surface area contributed by atoms with Crippen molar-refractivity contribution in [1.82, 2.24) is 14.5 Å². The molecule has 0 saturated heterocycles. The summed E-state index contributed by atoms with van der Waals surface area (Å²) in [7, 11) is 1.81. The molecular weight excluding hydrogens is 264 g/mol. The lowest BCUT2D eigenvalue weighted by molar-refractivity contribution is -0.128. The summed E-state index contributed by atoms with van der Waals surface area (Å²) in [6.07, 6.45) is 3.80. The van der Waals surface area contributed by atoms with Gasteiger partial charge < -0.3 is 14.8 Å². The molecule has 0 fully saturated rings. The van der Waals surface area contributed by atoms with Crippen LogP contribution in [0.1, 0.15) is 25.2 Å². The van der Waals surface area contributed by atoms with Crippen LogP contribution in [0.4, 0.5) is 5.69 Å². The molecule has 0 bridgehead atoms. The average molecular weight is 286 g/mol. The molecule has 1 amide bonds. The standard InChI is InChI=1S/C16H22N4O/c1-4-20-9-8-17-16(20)11-18-15-7-5-6-14(10-15)12-19(3)13(2)21/h5-10,18H,4,11-12H2,1-3H3. The van der Waals surface area contributed by atoms with Crippen molar-refractivity contribution < 1.29 is 4.79 Å². The largest absolute Gasteiger partial charge is 0.378 e. The number of carbonyl (C=O) groups is 1. The van der Waals surface area contributed by atoms with E-state index in [0.29, 0.717) is 13.1 Å². The number of imidazole rings is 1. The van der Waals surface area contributed by atoms with Crippen LogP contribution in [0.15, 0.2) is 36.7 Å². The Labute approximate surface area is 125 Å². The smallest absolute Gasteiger partial charge is 0.219 e. The minimum Gasteiger partial charge on any atom is -0.378 e. The molecule has 1 N–H and O–H groups in total. The maximum Gasteiger partial charge on any atom is 0.219 e. The highest BCUT2D eigenvalue weighted by Gasteiger charge is 2.05. The summed E-state index contributed by atoms with van der Waals surface area (Å²) >= 11 is 0. The average Bonchev–Trinajstić information content (AvgIpc) is 2.93. The number of aryl methyl sites for hydroxylation is 1. The number of anilines is 1. The van der Waals surface area contributed by atoms with Gasteiger partial charge in [-0.2, -0.15) is 0 Å². The predicted octanol–water partition coefficient (Wildman–Crippen LogP) is 2.49. The third-order valence-electron chi connectivity index (χ3n) is 3.48. The molecule has 5 heteroatoms. The van der Waals surface area contributed by atoms with Crippen LogP contribution >= 0.6 is 0 Å². The number of benzene rings is 1. The van der Waals surface area contributed by atoms with Crippen LogP contribution in [0.3, 0.4) is 0 Å². The number of hydrogen-bond acceptors (Lipinski definition) is 3. The SMILES string of the molecule is CCn1ccnc1CNc1cccc(CN(C)C(C)=O)c1. The predicted molar refractivity (Wildman–Crippen MR) is 83.8 cm³/mol. The van der Waals surface area contributed by atoms with Gasteiger partial charge in [0.25, 0.3) is 0 Å². The maximum atomic E-state index is 11.3. The van der Waals surface area contributed by atoms with Gasteiger partial charge in [0.1, 0.15) is 5.82 Å². The topological polar surface area (TPSA) is 50.2 Å². The molecule has 1 aromatic heterocycles. The third-order valence-corrected chi connectivity index (χ3v) is 3.48. The molecule has 0 atom stereocenters. The Kier molecular flexibility index (Phi) is 4.98. The molecule has 1 heterocycles. The zero-order valence-electron chi connectivity index (χ0n) is 12.8. The zero-order valence-corrected chi connectivity index (χ0v) is 12.8. The van der Waals surface area contributed by atoms with E-state index in [0.717, 1.165) is 23.6 Å². The number of nitrogens with one attached hydrogen (secondary N) is 1. The second kappa shape index (κ2) is 6.92. The molecular formula is C16H22N4O. The third kappa shape index (κ3) is 4.08. The molecule has 2 aromatic rings. The summed E-state index contributed by atoms with van der Waals surface area (Å²) in [6, 6.07) is 8.12. The molecule has 5 nitrogen and oxygen atoms in total. The Bertz CT molecular complexity index is 606. The Morgan fingerprint density at radius 3 is 2.95 bits per heavy atom. The first-order chi connectivity index (χ1) is 10.1. The van der Waals surface area contributed by atoms with Gasteiger partial charge in [-0.05, 0) is 24.6 Å². The van der Waals surface area contributed by atoms with E-state index in [4.69, 9.17) is 0 Å². The molecule has 1 aromatic carbocycles. The minimum absolute atomic E-state index is 0.0679. The van der Waals surface area contributed by atoms with E-state index in [-0.39, 0.29) is 5.91 Å². The van der Waals surface area contributed by atoms with E-state index < -0.39 is 0 Å². The number of nitrogens with zero attached hydrogens (tertiary/aromatic N) is 3. The second-order valence-electron chi connectivity index (χ2n) is 5.06. The van der Waals surface area contributed by atoms with Crippen molar-refractivity contribution in [2.24, 2.45) is 0 Å². The Balaban J connectivity index is 1.99. The van der Waals surface area contributed by atoms with Crippen molar-refractivity contribution in [2.45, 2.75) is 33.5 Å². The van der Waals surface area contributed by atoms with Crippen LogP contribution in [0, 0.1) is 0 Å². The van der Waals surface area contributed by atoms with E-state index in [9.17, 15) is 4.79 Å². The monoisotopic (exact) mass is 286 g/mol. The first kappa shape index (κ1) is 15.1. The number of amides is 1. The van der Waals surface area contributed by atoms with Gasteiger partial charge >= 0.3 is 0 Å². The van der Waals surface area contributed by atoms with Crippen LogP contribution < -0.4 is 5.32 Å². The fourth-order valence-electron chi connectivity index (χ4n) is 2.14. The summed E-state index contributed by atoms with van der Waals surface area (Å²) in [5.74, 6) is 1.09. The molecule has 0 aliphatic rings. The van der Waals surface area contributed by atoms with Crippen molar-refractivity contribution >= 4 is 11.6 Å². The molecule has 2 rings (SSSR count). The molecule has 0 unspecified atom stereocenters. The van der Waals surface area contributed by atoms with Gasteiger partial charge in [0.15, 0.2) is 0 Å². The van der Waals surface area contributed by atoms with Gasteiger partial charge in [0, 0.05) is 45.1 Å². The Morgan fingerprint density at radius 2 is 2.24 bits per heavy atom. The second-order valence-corrected chi connectivity index (χ2v) is 5.06. The first-order valence-corrected chi connectivity index (χ1v) is 7.14. The van der Waals surface area contributed by atoms with Gasteiger partial charge in [0.2, 0.25) is 5.91 Å². The van der Waals surface area contributed by atoms with Crippen molar-refractivity contribution in [2.75, 3.05) is 12.4 Å². The van der Waals surface area contributed by atoms with Crippen LogP contribution in [0.2, 0.25) is 0 Å². The van der Waals surface area contributed by atoms with Gasteiger partial charge in [0.05, 0.1) is 6.54 Å². The molecule has 112 valence electrons. The lowest BCUT2D eigenvalue weighted by atomic mass is 10.2. The minimum atomic E-state index is 0.0679.